The maximum Gasteiger partial charge on any atom is 0.170 e. The highest BCUT2D eigenvalue weighted by molar-refractivity contribution is 9.10. The Bertz CT molecular complexity index is 617. The van der Waals surface area contributed by atoms with E-state index in [0.717, 1.165) is 16.7 Å². The second-order valence-corrected chi connectivity index (χ2v) is 6.07. The van der Waals surface area contributed by atoms with Gasteiger partial charge in [-0.05, 0) is 46.3 Å². The Labute approximate surface area is 140 Å². The molecule has 2 N–H and O–H groups in total. The van der Waals surface area contributed by atoms with Gasteiger partial charge in [0, 0.05) is 18.4 Å². The molecular formula is C12H11BrCl2N4S. The van der Waals surface area contributed by atoms with Crippen LogP contribution in [0.1, 0.15) is 0 Å². The standard InChI is InChI=1S/C12H11BrCl2N4S/c13-8-6-17-19(7-8)4-3-16-12(20)18-9-1-2-10(14)11(15)5-9/h1-2,5-7H,3-4H2,(H2,16,18,20). The Morgan fingerprint density at radius 3 is 2.80 bits per heavy atom. The maximum atomic E-state index is 5.93. The molecule has 20 heavy (non-hydrogen) atoms. The van der Waals surface area contributed by atoms with Crippen LogP contribution in [0.5, 0.6) is 0 Å². The molecule has 0 saturated carbocycles. The van der Waals surface area contributed by atoms with Crippen LogP contribution in [-0.4, -0.2) is 21.4 Å². The van der Waals surface area contributed by atoms with E-state index in [0.29, 0.717) is 21.7 Å². The SMILES string of the molecule is S=C(NCCn1cc(Br)cn1)Nc1ccc(Cl)c(Cl)c1. The zero-order valence-electron chi connectivity index (χ0n) is 10.2. The summed E-state index contributed by atoms with van der Waals surface area (Å²) in [6.07, 6.45) is 3.64. The van der Waals surface area contributed by atoms with Crippen molar-refractivity contribution in [2.75, 3.05) is 11.9 Å². The van der Waals surface area contributed by atoms with Gasteiger partial charge in [0.15, 0.2) is 5.11 Å². The molecule has 1 heterocycles. The zero-order valence-corrected chi connectivity index (χ0v) is 14.2. The monoisotopic (exact) mass is 392 g/mol. The van der Waals surface area contributed by atoms with E-state index in [1.54, 1.807) is 18.3 Å². The highest BCUT2D eigenvalue weighted by Gasteiger charge is 2.02. The molecule has 2 rings (SSSR count). The summed E-state index contributed by atoms with van der Waals surface area (Å²) in [5, 5.41) is 11.8. The fourth-order valence-corrected chi connectivity index (χ4v) is 2.34. The minimum atomic E-state index is 0.487. The van der Waals surface area contributed by atoms with Crippen molar-refractivity contribution in [3.05, 3.63) is 45.1 Å². The summed E-state index contributed by atoms with van der Waals surface area (Å²) in [7, 11) is 0. The van der Waals surface area contributed by atoms with Crippen LogP contribution in [0.15, 0.2) is 35.1 Å². The van der Waals surface area contributed by atoms with Gasteiger partial charge in [-0.3, -0.25) is 4.68 Å². The highest BCUT2D eigenvalue weighted by Crippen LogP contribution is 2.24. The third-order valence-corrected chi connectivity index (χ3v) is 3.80. The first kappa shape index (κ1) is 15.6. The van der Waals surface area contributed by atoms with Crippen LogP contribution >= 0.6 is 51.3 Å². The van der Waals surface area contributed by atoms with E-state index in [-0.39, 0.29) is 0 Å². The minimum absolute atomic E-state index is 0.487. The summed E-state index contributed by atoms with van der Waals surface area (Å²) in [6, 6.07) is 5.26. The van der Waals surface area contributed by atoms with Gasteiger partial charge < -0.3 is 10.6 Å². The van der Waals surface area contributed by atoms with E-state index in [1.165, 1.54) is 0 Å². The molecule has 0 aliphatic heterocycles. The van der Waals surface area contributed by atoms with Crippen molar-refractivity contribution >= 4 is 62.1 Å². The largest absolute Gasteiger partial charge is 0.361 e. The molecule has 1 aromatic heterocycles. The Balaban J connectivity index is 1.79. The lowest BCUT2D eigenvalue weighted by Crippen LogP contribution is -2.31. The highest BCUT2D eigenvalue weighted by atomic mass is 79.9. The summed E-state index contributed by atoms with van der Waals surface area (Å²) in [5.41, 5.74) is 0.790. The summed E-state index contributed by atoms with van der Waals surface area (Å²) in [4.78, 5) is 0. The molecule has 8 heteroatoms. The number of hydrogen-bond acceptors (Lipinski definition) is 2. The molecule has 0 aliphatic rings. The number of thiocarbonyl (C=S) groups is 1. The van der Waals surface area contributed by atoms with Gasteiger partial charge in [-0.1, -0.05) is 23.2 Å². The van der Waals surface area contributed by atoms with Crippen molar-refractivity contribution < 1.29 is 0 Å². The van der Waals surface area contributed by atoms with E-state index in [2.05, 4.69) is 31.7 Å². The maximum absolute atomic E-state index is 5.93. The zero-order chi connectivity index (χ0) is 14.5. The van der Waals surface area contributed by atoms with Gasteiger partial charge in [0.1, 0.15) is 0 Å². The molecule has 2 aromatic rings. The first-order chi connectivity index (χ1) is 9.54. The molecule has 106 valence electrons. The third kappa shape index (κ3) is 4.63. The average molecular weight is 394 g/mol. The fraction of sp³-hybridized carbons (Fsp3) is 0.167. The lowest BCUT2D eigenvalue weighted by atomic mass is 10.3. The lowest BCUT2D eigenvalue weighted by molar-refractivity contribution is 0.604. The van der Waals surface area contributed by atoms with E-state index >= 15 is 0 Å². The second kappa shape index (κ2) is 7.26. The quantitative estimate of drug-likeness (QED) is 0.772. The first-order valence-corrected chi connectivity index (χ1v) is 7.68. The molecule has 0 unspecified atom stereocenters. The number of hydrogen-bond donors (Lipinski definition) is 2. The van der Waals surface area contributed by atoms with Gasteiger partial charge in [-0.2, -0.15) is 5.10 Å². The van der Waals surface area contributed by atoms with Crippen molar-refractivity contribution in [1.82, 2.24) is 15.1 Å². The molecule has 0 atom stereocenters. The first-order valence-electron chi connectivity index (χ1n) is 5.72. The normalized spacial score (nSPS) is 10.3. The number of aromatic nitrogens is 2. The molecule has 4 nitrogen and oxygen atoms in total. The Morgan fingerprint density at radius 2 is 2.15 bits per heavy atom. The van der Waals surface area contributed by atoms with Gasteiger partial charge in [0.05, 0.1) is 27.3 Å². The summed E-state index contributed by atoms with van der Waals surface area (Å²) >= 11 is 20.3. The average Bonchev–Trinajstić information content (AvgIpc) is 2.80. The molecule has 0 spiro atoms. The van der Waals surface area contributed by atoms with Crippen LogP contribution in [0.4, 0.5) is 5.69 Å². The Morgan fingerprint density at radius 1 is 1.35 bits per heavy atom. The molecule has 0 bridgehead atoms. The van der Waals surface area contributed by atoms with Crippen molar-refractivity contribution in [1.29, 1.82) is 0 Å². The Hall–Kier alpha value is -0.820. The van der Waals surface area contributed by atoms with Crippen LogP contribution < -0.4 is 10.6 Å². The third-order valence-electron chi connectivity index (χ3n) is 2.41. The van der Waals surface area contributed by atoms with Crippen LogP contribution in [0.3, 0.4) is 0 Å². The smallest absolute Gasteiger partial charge is 0.170 e. The van der Waals surface area contributed by atoms with Gasteiger partial charge in [-0.25, -0.2) is 0 Å². The summed E-state index contributed by atoms with van der Waals surface area (Å²) in [5.74, 6) is 0. The van der Waals surface area contributed by atoms with Crippen LogP contribution in [-0.2, 0) is 6.54 Å². The van der Waals surface area contributed by atoms with Crippen LogP contribution in [0, 0.1) is 0 Å². The molecule has 0 radical (unpaired) electrons. The van der Waals surface area contributed by atoms with E-state index in [9.17, 15) is 0 Å². The minimum Gasteiger partial charge on any atom is -0.361 e. The Kier molecular flexibility index (Phi) is 5.65. The molecule has 1 aromatic carbocycles. The van der Waals surface area contributed by atoms with Crippen molar-refractivity contribution in [2.45, 2.75) is 6.54 Å². The number of nitrogens with one attached hydrogen (secondary N) is 2. The summed E-state index contributed by atoms with van der Waals surface area (Å²) < 4.78 is 2.77. The number of nitrogens with zero attached hydrogens (tertiary/aromatic N) is 2. The van der Waals surface area contributed by atoms with Crippen molar-refractivity contribution in [3.63, 3.8) is 0 Å². The van der Waals surface area contributed by atoms with Gasteiger partial charge in [0.25, 0.3) is 0 Å². The van der Waals surface area contributed by atoms with Crippen LogP contribution in [0.2, 0.25) is 10.0 Å². The van der Waals surface area contributed by atoms with Gasteiger partial charge >= 0.3 is 0 Å². The molecule has 0 saturated heterocycles. The molecule has 0 fully saturated rings. The van der Waals surface area contributed by atoms with Crippen molar-refractivity contribution in [2.24, 2.45) is 0 Å². The topological polar surface area (TPSA) is 41.9 Å². The lowest BCUT2D eigenvalue weighted by Gasteiger charge is -2.11. The van der Waals surface area contributed by atoms with Gasteiger partial charge in [0.2, 0.25) is 0 Å². The number of rotatable bonds is 4. The summed E-state index contributed by atoms with van der Waals surface area (Å²) in [6.45, 7) is 1.38. The second-order valence-electron chi connectivity index (χ2n) is 3.93. The predicted molar refractivity (Wildman–Crippen MR) is 90.6 cm³/mol. The van der Waals surface area contributed by atoms with E-state index in [4.69, 9.17) is 35.4 Å². The fourth-order valence-electron chi connectivity index (χ4n) is 1.49. The number of benzene rings is 1. The number of halogens is 3. The molecule has 0 amide bonds. The van der Waals surface area contributed by atoms with E-state index in [1.807, 2.05) is 16.9 Å². The van der Waals surface area contributed by atoms with Crippen molar-refractivity contribution in [3.8, 4) is 0 Å². The van der Waals surface area contributed by atoms with Crippen LogP contribution in [0.25, 0.3) is 0 Å². The number of anilines is 1. The van der Waals surface area contributed by atoms with Gasteiger partial charge in [-0.15, -0.1) is 0 Å². The predicted octanol–water partition coefficient (Wildman–Crippen LogP) is 3.94. The molecular weight excluding hydrogens is 383 g/mol. The van der Waals surface area contributed by atoms with E-state index < -0.39 is 0 Å². The molecule has 0 aliphatic carbocycles.